The number of amides is 4. The molecule has 0 aliphatic carbocycles. The standard InChI is InChI=1S/C26H32N4O4/c1-18-4-7-20(8-5-18)17-29-14-15-30(26(29)33)21-10-12-28(13-11-21)25(32)27-23-16-19(2)6-9-22(23)24(31)34-3/h4-9,16,21H,10-15,17H2,1-3H3,(H,27,32). The van der Waals surface area contributed by atoms with E-state index in [1.165, 1.54) is 12.7 Å². The molecule has 0 bridgehead atoms. The molecule has 2 aromatic carbocycles. The van der Waals surface area contributed by atoms with E-state index in [-0.39, 0.29) is 18.1 Å². The van der Waals surface area contributed by atoms with Crippen molar-refractivity contribution < 1.29 is 19.1 Å². The Hall–Kier alpha value is -3.55. The molecule has 34 heavy (non-hydrogen) atoms. The lowest BCUT2D eigenvalue weighted by Gasteiger charge is -2.36. The largest absolute Gasteiger partial charge is 0.465 e. The molecule has 0 radical (unpaired) electrons. The molecule has 2 fully saturated rings. The number of hydrogen-bond acceptors (Lipinski definition) is 4. The molecule has 2 heterocycles. The lowest BCUT2D eigenvalue weighted by Crippen LogP contribution is -2.49. The van der Waals surface area contributed by atoms with E-state index < -0.39 is 5.97 Å². The number of hydrogen-bond donors (Lipinski definition) is 1. The molecule has 0 atom stereocenters. The summed E-state index contributed by atoms with van der Waals surface area (Å²) in [7, 11) is 1.32. The van der Waals surface area contributed by atoms with E-state index in [1.807, 2.05) is 22.8 Å². The number of likely N-dealkylation sites (tertiary alicyclic amines) is 1. The average Bonchev–Trinajstić information content (AvgIpc) is 3.20. The van der Waals surface area contributed by atoms with Crippen molar-refractivity contribution in [2.45, 2.75) is 39.3 Å². The summed E-state index contributed by atoms with van der Waals surface area (Å²) in [4.78, 5) is 43.5. The van der Waals surface area contributed by atoms with Crippen molar-refractivity contribution in [1.29, 1.82) is 0 Å². The van der Waals surface area contributed by atoms with Crippen LogP contribution in [0.1, 0.15) is 39.9 Å². The van der Waals surface area contributed by atoms with Crippen LogP contribution in [0.2, 0.25) is 0 Å². The molecule has 4 rings (SSSR count). The third-order valence-electron chi connectivity index (χ3n) is 6.64. The van der Waals surface area contributed by atoms with E-state index in [1.54, 1.807) is 17.0 Å². The molecule has 4 amide bonds. The Balaban J connectivity index is 1.32. The van der Waals surface area contributed by atoms with Gasteiger partial charge in [0.1, 0.15) is 0 Å². The first kappa shape index (κ1) is 23.6. The predicted octanol–water partition coefficient (Wildman–Crippen LogP) is 4.02. The summed E-state index contributed by atoms with van der Waals surface area (Å²) in [5, 5.41) is 2.87. The Labute approximate surface area is 200 Å². The number of methoxy groups -OCH3 is 1. The van der Waals surface area contributed by atoms with E-state index in [9.17, 15) is 14.4 Å². The van der Waals surface area contributed by atoms with Crippen LogP contribution in [0.25, 0.3) is 0 Å². The SMILES string of the molecule is COC(=O)c1ccc(C)cc1NC(=O)N1CCC(N2CCN(Cc3ccc(C)cc3)C2=O)CC1. The fraction of sp³-hybridized carbons (Fsp3) is 0.423. The third kappa shape index (κ3) is 5.16. The van der Waals surface area contributed by atoms with Gasteiger partial charge in [-0.05, 0) is 49.9 Å². The number of benzene rings is 2. The zero-order chi connectivity index (χ0) is 24.2. The molecule has 0 aromatic heterocycles. The summed E-state index contributed by atoms with van der Waals surface area (Å²) in [6.45, 7) is 7.12. The first-order chi connectivity index (χ1) is 16.4. The highest BCUT2D eigenvalue weighted by atomic mass is 16.5. The summed E-state index contributed by atoms with van der Waals surface area (Å²) in [5.74, 6) is -0.489. The lowest BCUT2D eigenvalue weighted by atomic mass is 10.0. The predicted molar refractivity (Wildman–Crippen MR) is 130 cm³/mol. The highest BCUT2D eigenvalue weighted by Gasteiger charge is 2.36. The fourth-order valence-electron chi connectivity index (χ4n) is 4.63. The molecular formula is C26H32N4O4. The van der Waals surface area contributed by atoms with Gasteiger partial charge in [-0.2, -0.15) is 0 Å². The van der Waals surface area contributed by atoms with E-state index in [0.717, 1.165) is 30.5 Å². The third-order valence-corrected chi connectivity index (χ3v) is 6.64. The van der Waals surface area contributed by atoms with Crippen molar-refractivity contribution in [3.63, 3.8) is 0 Å². The number of anilines is 1. The van der Waals surface area contributed by atoms with Crippen molar-refractivity contribution in [3.8, 4) is 0 Å². The maximum Gasteiger partial charge on any atom is 0.339 e. The van der Waals surface area contributed by atoms with Gasteiger partial charge in [-0.15, -0.1) is 0 Å². The summed E-state index contributed by atoms with van der Waals surface area (Å²) in [6, 6.07) is 13.5. The summed E-state index contributed by atoms with van der Waals surface area (Å²) >= 11 is 0. The molecule has 2 aromatic rings. The zero-order valence-electron chi connectivity index (χ0n) is 20.0. The number of nitrogens with one attached hydrogen (secondary N) is 1. The molecule has 2 aliphatic heterocycles. The fourth-order valence-corrected chi connectivity index (χ4v) is 4.63. The Bertz CT molecular complexity index is 1060. The molecule has 8 nitrogen and oxygen atoms in total. The van der Waals surface area contributed by atoms with Gasteiger partial charge in [0, 0.05) is 38.8 Å². The van der Waals surface area contributed by atoms with Gasteiger partial charge in [-0.25, -0.2) is 14.4 Å². The molecular weight excluding hydrogens is 432 g/mol. The van der Waals surface area contributed by atoms with Crippen molar-refractivity contribution in [3.05, 3.63) is 64.7 Å². The van der Waals surface area contributed by atoms with Crippen molar-refractivity contribution >= 4 is 23.7 Å². The number of carbonyl (C=O) groups is 3. The van der Waals surface area contributed by atoms with Crippen LogP contribution in [0.3, 0.4) is 0 Å². The number of rotatable bonds is 5. The topological polar surface area (TPSA) is 82.2 Å². The van der Waals surface area contributed by atoms with Crippen LogP contribution >= 0.6 is 0 Å². The van der Waals surface area contributed by atoms with Gasteiger partial charge in [-0.3, -0.25) is 0 Å². The quantitative estimate of drug-likeness (QED) is 0.678. The molecule has 2 aliphatic rings. The first-order valence-electron chi connectivity index (χ1n) is 11.7. The van der Waals surface area contributed by atoms with Gasteiger partial charge in [0.05, 0.1) is 18.4 Å². The second-order valence-electron chi connectivity index (χ2n) is 9.07. The first-order valence-corrected chi connectivity index (χ1v) is 11.7. The van der Waals surface area contributed by atoms with Gasteiger partial charge in [0.2, 0.25) is 0 Å². The van der Waals surface area contributed by atoms with Crippen molar-refractivity contribution in [2.75, 3.05) is 38.6 Å². The average molecular weight is 465 g/mol. The Morgan fingerprint density at radius 1 is 0.971 bits per heavy atom. The number of ether oxygens (including phenoxy) is 1. The van der Waals surface area contributed by atoms with E-state index >= 15 is 0 Å². The number of piperidine rings is 1. The molecule has 2 saturated heterocycles. The van der Waals surface area contributed by atoms with E-state index in [0.29, 0.717) is 37.4 Å². The Morgan fingerprint density at radius 2 is 1.65 bits per heavy atom. The maximum absolute atomic E-state index is 13.0. The molecule has 0 spiro atoms. The highest BCUT2D eigenvalue weighted by Crippen LogP contribution is 2.24. The number of urea groups is 2. The minimum Gasteiger partial charge on any atom is -0.465 e. The summed E-state index contributed by atoms with van der Waals surface area (Å²) < 4.78 is 4.83. The molecule has 0 unspecified atom stereocenters. The van der Waals surface area contributed by atoms with Crippen molar-refractivity contribution in [1.82, 2.24) is 14.7 Å². The minimum atomic E-state index is -0.489. The van der Waals surface area contributed by atoms with Gasteiger partial charge in [0.25, 0.3) is 0 Å². The van der Waals surface area contributed by atoms with Crippen molar-refractivity contribution in [2.24, 2.45) is 0 Å². The lowest BCUT2D eigenvalue weighted by molar-refractivity contribution is 0.0602. The number of nitrogens with zero attached hydrogens (tertiary/aromatic N) is 3. The van der Waals surface area contributed by atoms with Crippen LogP contribution in [0.5, 0.6) is 0 Å². The normalized spacial score (nSPS) is 16.7. The monoisotopic (exact) mass is 464 g/mol. The summed E-state index contributed by atoms with van der Waals surface area (Å²) in [6.07, 6.45) is 1.46. The molecule has 0 saturated carbocycles. The van der Waals surface area contributed by atoms with Crippen LogP contribution in [-0.2, 0) is 11.3 Å². The number of esters is 1. The second-order valence-corrected chi connectivity index (χ2v) is 9.07. The number of carbonyl (C=O) groups excluding carboxylic acids is 3. The molecule has 8 heteroatoms. The smallest absolute Gasteiger partial charge is 0.339 e. The van der Waals surface area contributed by atoms with Gasteiger partial charge < -0.3 is 24.8 Å². The van der Waals surface area contributed by atoms with E-state index in [4.69, 9.17) is 4.74 Å². The molecule has 180 valence electrons. The Morgan fingerprint density at radius 3 is 2.32 bits per heavy atom. The van der Waals surface area contributed by atoms with E-state index in [2.05, 4.69) is 36.5 Å². The van der Waals surface area contributed by atoms with Crippen LogP contribution in [0.4, 0.5) is 15.3 Å². The zero-order valence-corrected chi connectivity index (χ0v) is 20.0. The minimum absolute atomic E-state index is 0.0750. The van der Waals surface area contributed by atoms with Crippen LogP contribution in [0.15, 0.2) is 42.5 Å². The van der Waals surface area contributed by atoms with Crippen LogP contribution in [-0.4, -0.2) is 72.1 Å². The van der Waals surface area contributed by atoms with Gasteiger partial charge in [-0.1, -0.05) is 35.9 Å². The number of aryl methyl sites for hydroxylation is 2. The second kappa shape index (κ2) is 10.2. The Kier molecular flexibility index (Phi) is 7.05. The maximum atomic E-state index is 13.0. The van der Waals surface area contributed by atoms with Crippen LogP contribution < -0.4 is 5.32 Å². The van der Waals surface area contributed by atoms with Crippen LogP contribution in [0, 0.1) is 13.8 Å². The summed E-state index contributed by atoms with van der Waals surface area (Å²) in [5.41, 5.74) is 4.05. The molecule has 1 N–H and O–H groups in total. The van der Waals surface area contributed by atoms with Gasteiger partial charge in [0.15, 0.2) is 0 Å². The van der Waals surface area contributed by atoms with Gasteiger partial charge >= 0.3 is 18.0 Å². The highest BCUT2D eigenvalue weighted by molar-refractivity contribution is 6.01.